The summed E-state index contributed by atoms with van der Waals surface area (Å²) in [6.07, 6.45) is 1.67. The Hall–Kier alpha value is -2.88. The van der Waals surface area contributed by atoms with Gasteiger partial charge in [0.2, 0.25) is 0 Å². The molecule has 0 aliphatic rings. The number of aromatic nitrogens is 1. The molecular weight excluding hydrogens is 300 g/mol. The van der Waals surface area contributed by atoms with E-state index in [1.807, 2.05) is 62.4 Å². The number of ether oxygens (including phenoxy) is 1. The fraction of sp³-hybridized carbons (Fsp3) is 0.200. The van der Waals surface area contributed by atoms with E-state index < -0.39 is 0 Å². The SMILES string of the molecule is CCOc1ccc(C(C)NC(=O)c2ccnc3ccccc23)cc1. The van der Waals surface area contributed by atoms with Crippen molar-refractivity contribution in [3.63, 3.8) is 0 Å². The van der Waals surface area contributed by atoms with Crippen LogP contribution in [0.2, 0.25) is 0 Å². The van der Waals surface area contributed by atoms with Crippen molar-refractivity contribution in [3.8, 4) is 5.75 Å². The van der Waals surface area contributed by atoms with Gasteiger partial charge in [0.05, 0.1) is 23.7 Å². The van der Waals surface area contributed by atoms with Gasteiger partial charge in [0, 0.05) is 11.6 Å². The Labute approximate surface area is 141 Å². The van der Waals surface area contributed by atoms with Crippen molar-refractivity contribution >= 4 is 16.8 Å². The summed E-state index contributed by atoms with van der Waals surface area (Å²) < 4.78 is 5.44. The highest BCUT2D eigenvalue weighted by Gasteiger charge is 2.14. The molecule has 0 saturated carbocycles. The molecule has 0 radical (unpaired) electrons. The van der Waals surface area contributed by atoms with Crippen LogP contribution in [0, 0.1) is 0 Å². The molecule has 0 fully saturated rings. The summed E-state index contributed by atoms with van der Waals surface area (Å²) in [6.45, 7) is 4.56. The van der Waals surface area contributed by atoms with Gasteiger partial charge in [-0.1, -0.05) is 30.3 Å². The molecule has 1 unspecified atom stereocenters. The van der Waals surface area contributed by atoms with E-state index in [-0.39, 0.29) is 11.9 Å². The maximum absolute atomic E-state index is 12.6. The van der Waals surface area contributed by atoms with Crippen LogP contribution in [0.3, 0.4) is 0 Å². The Balaban J connectivity index is 1.78. The number of carbonyl (C=O) groups is 1. The van der Waals surface area contributed by atoms with Crippen LogP contribution in [0.1, 0.15) is 35.8 Å². The molecule has 3 aromatic rings. The molecule has 24 heavy (non-hydrogen) atoms. The number of pyridine rings is 1. The van der Waals surface area contributed by atoms with Gasteiger partial charge in [-0.2, -0.15) is 0 Å². The van der Waals surface area contributed by atoms with Crippen molar-refractivity contribution in [1.82, 2.24) is 10.3 Å². The summed E-state index contributed by atoms with van der Waals surface area (Å²) in [6, 6.07) is 17.1. The molecule has 0 spiro atoms. The third-order valence-corrected chi connectivity index (χ3v) is 3.93. The van der Waals surface area contributed by atoms with Gasteiger partial charge >= 0.3 is 0 Å². The molecule has 0 saturated heterocycles. The number of fused-ring (bicyclic) bond motifs is 1. The topological polar surface area (TPSA) is 51.2 Å². The smallest absolute Gasteiger partial charge is 0.252 e. The summed E-state index contributed by atoms with van der Waals surface area (Å²) in [5.41, 5.74) is 2.49. The summed E-state index contributed by atoms with van der Waals surface area (Å²) in [5, 5.41) is 3.91. The number of benzene rings is 2. The zero-order valence-electron chi connectivity index (χ0n) is 13.8. The summed E-state index contributed by atoms with van der Waals surface area (Å²) in [5.74, 6) is 0.731. The lowest BCUT2D eigenvalue weighted by Gasteiger charge is -2.15. The minimum Gasteiger partial charge on any atom is -0.494 e. The molecule has 0 aliphatic heterocycles. The van der Waals surface area contributed by atoms with Crippen LogP contribution in [-0.4, -0.2) is 17.5 Å². The maximum Gasteiger partial charge on any atom is 0.252 e. The van der Waals surface area contributed by atoms with E-state index in [4.69, 9.17) is 4.74 Å². The Morgan fingerprint density at radius 1 is 1.12 bits per heavy atom. The minimum atomic E-state index is -0.102. The Morgan fingerprint density at radius 3 is 2.62 bits per heavy atom. The molecule has 0 aliphatic carbocycles. The largest absolute Gasteiger partial charge is 0.494 e. The van der Waals surface area contributed by atoms with E-state index in [0.717, 1.165) is 22.2 Å². The van der Waals surface area contributed by atoms with Gasteiger partial charge in [0.1, 0.15) is 5.75 Å². The highest BCUT2D eigenvalue weighted by atomic mass is 16.5. The molecule has 1 atom stereocenters. The second-order valence-electron chi connectivity index (χ2n) is 5.57. The van der Waals surface area contributed by atoms with Gasteiger partial charge in [-0.25, -0.2) is 0 Å². The van der Waals surface area contributed by atoms with Crippen molar-refractivity contribution in [2.45, 2.75) is 19.9 Å². The molecule has 1 amide bonds. The molecule has 0 bridgehead atoms. The summed E-state index contributed by atoms with van der Waals surface area (Å²) >= 11 is 0. The maximum atomic E-state index is 12.6. The third-order valence-electron chi connectivity index (χ3n) is 3.93. The molecule has 3 rings (SSSR count). The lowest BCUT2D eigenvalue weighted by atomic mass is 10.1. The molecule has 122 valence electrons. The molecule has 1 heterocycles. The predicted molar refractivity (Wildman–Crippen MR) is 95.2 cm³/mol. The fourth-order valence-electron chi connectivity index (χ4n) is 2.67. The van der Waals surface area contributed by atoms with Crippen LogP contribution in [0.4, 0.5) is 0 Å². The van der Waals surface area contributed by atoms with Gasteiger partial charge in [-0.15, -0.1) is 0 Å². The quantitative estimate of drug-likeness (QED) is 0.769. The molecule has 2 aromatic carbocycles. The van der Waals surface area contributed by atoms with Crippen molar-refractivity contribution < 1.29 is 9.53 Å². The highest BCUT2D eigenvalue weighted by molar-refractivity contribution is 6.06. The summed E-state index contributed by atoms with van der Waals surface area (Å²) in [7, 11) is 0. The Kier molecular flexibility index (Phi) is 4.75. The Morgan fingerprint density at radius 2 is 1.88 bits per heavy atom. The molecular formula is C20H20N2O2. The first kappa shape index (κ1) is 16.0. The van der Waals surface area contributed by atoms with Crippen LogP contribution >= 0.6 is 0 Å². The van der Waals surface area contributed by atoms with Crippen LogP contribution < -0.4 is 10.1 Å². The number of nitrogens with one attached hydrogen (secondary N) is 1. The number of para-hydroxylation sites is 1. The third kappa shape index (κ3) is 3.38. The fourth-order valence-corrected chi connectivity index (χ4v) is 2.67. The lowest BCUT2D eigenvalue weighted by molar-refractivity contribution is 0.0941. The zero-order chi connectivity index (χ0) is 16.9. The second kappa shape index (κ2) is 7.13. The van der Waals surface area contributed by atoms with Gasteiger partial charge in [-0.05, 0) is 43.7 Å². The van der Waals surface area contributed by atoms with Gasteiger partial charge in [0.15, 0.2) is 0 Å². The van der Waals surface area contributed by atoms with Crippen molar-refractivity contribution in [3.05, 3.63) is 71.9 Å². The van der Waals surface area contributed by atoms with Crippen molar-refractivity contribution in [1.29, 1.82) is 0 Å². The van der Waals surface area contributed by atoms with E-state index in [1.54, 1.807) is 12.3 Å². The number of carbonyl (C=O) groups excluding carboxylic acids is 1. The average molecular weight is 320 g/mol. The summed E-state index contributed by atoms with van der Waals surface area (Å²) in [4.78, 5) is 16.9. The minimum absolute atomic E-state index is 0.0971. The number of rotatable bonds is 5. The predicted octanol–water partition coefficient (Wildman–Crippen LogP) is 4.12. The van der Waals surface area contributed by atoms with E-state index in [1.165, 1.54) is 0 Å². The highest BCUT2D eigenvalue weighted by Crippen LogP contribution is 2.20. The zero-order valence-corrected chi connectivity index (χ0v) is 13.8. The Bertz CT molecular complexity index is 838. The standard InChI is InChI=1S/C20H20N2O2/c1-3-24-16-10-8-15(9-11-16)14(2)22-20(23)18-12-13-21-19-7-5-4-6-17(18)19/h4-14H,3H2,1-2H3,(H,22,23). The lowest BCUT2D eigenvalue weighted by Crippen LogP contribution is -2.26. The van der Waals surface area contributed by atoms with E-state index in [2.05, 4.69) is 10.3 Å². The number of nitrogens with zero attached hydrogens (tertiary/aromatic N) is 1. The number of amides is 1. The average Bonchev–Trinajstić information content (AvgIpc) is 2.62. The monoisotopic (exact) mass is 320 g/mol. The normalized spacial score (nSPS) is 11.9. The van der Waals surface area contributed by atoms with Gasteiger partial charge in [-0.3, -0.25) is 9.78 Å². The number of hydrogen-bond acceptors (Lipinski definition) is 3. The van der Waals surface area contributed by atoms with Crippen LogP contribution in [0.5, 0.6) is 5.75 Å². The first-order valence-corrected chi connectivity index (χ1v) is 8.06. The van der Waals surface area contributed by atoms with Crippen LogP contribution in [0.25, 0.3) is 10.9 Å². The van der Waals surface area contributed by atoms with Crippen molar-refractivity contribution in [2.75, 3.05) is 6.61 Å². The van der Waals surface area contributed by atoms with Gasteiger partial charge in [0.25, 0.3) is 5.91 Å². The first-order chi connectivity index (χ1) is 11.7. The molecule has 1 N–H and O–H groups in total. The van der Waals surface area contributed by atoms with E-state index in [0.29, 0.717) is 12.2 Å². The molecule has 1 aromatic heterocycles. The molecule has 4 nitrogen and oxygen atoms in total. The van der Waals surface area contributed by atoms with Gasteiger partial charge < -0.3 is 10.1 Å². The molecule has 4 heteroatoms. The van der Waals surface area contributed by atoms with Crippen LogP contribution in [0.15, 0.2) is 60.8 Å². The van der Waals surface area contributed by atoms with E-state index >= 15 is 0 Å². The van der Waals surface area contributed by atoms with E-state index in [9.17, 15) is 4.79 Å². The van der Waals surface area contributed by atoms with Crippen molar-refractivity contribution in [2.24, 2.45) is 0 Å². The number of hydrogen-bond donors (Lipinski definition) is 1. The second-order valence-corrected chi connectivity index (χ2v) is 5.57. The van der Waals surface area contributed by atoms with Crippen LogP contribution in [-0.2, 0) is 0 Å². The first-order valence-electron chi connectivity index (χ1n) is 8.06.